The summed E-state index contributed by atoms with van der Waals surface area (Å²) in [5.74, 6) is 0. The van der Waals surface area contributed by atoms with Crippen LogP contribution in [0.25, 0.3) is 0 Å². The molecule has 3 heteroatoms. The molecule has 0 bridgehead atoms. The zero-order valence-electron chi connectivity index (χ0n) is 10.8. The van der Waals surface area contributed by atoms with E-state index in [9.17, 15) is 0 Å². The lowest BCUT2D eigenvalue weighted by Gasteiger charge is -2.25. The maximum absolute atomic E-state index is 4.40. The molecule has 1 aromatic rings. The molecule has 0 spiro atoms. The number of nitrogens with zero attached hydrogens (tertiary/aromatic N) is 2. The Hall–Kier alpha value is -1.09. The lowest BCUT2D eigenvalue weighted by atomic mass is 10.1. The molecule has 0 radical (unpaired) electrons. The van der Waals surface area contributed by atoms with Crippen LogP contribution in [0.1, 0.15) is 32.4 Å². The smallest absolute Gasteiger partial charge is 0.0564 e. The third-order valence-corrected chi connectivity index (χ3v) is 3.08. The van der Waals surface area contributed by atoms with Gasteiger partial charge in [-0.3, -0.25) is 9.88 Å². The topological polar surface area (TPSA) is 28.2 Å². The summed E-state index contributed by atoms with van der Waals surface area (Å²) in [7, 11) is 4.11. The Morgan fingerprint density at radius 2 is 2.06 bits per heavy atom. The minimum absolute atomic E-state index is 0.653. The fourth-order valence-electron chi connectivity index (χ4n) is 2.02. The summed E-state index contributed by atoms with van der Waals surface area (Å²) in [6.45, 7) is 5.39. The molecule has 0 aliphatic rings. The van der Waals surface area contributed by atoms with Gasteiger partial charge < -0.3 is 5.32 Å². The Balaban J connectivity index is 2.64. The van der Waals surface area contributed by atoms with Gasteiger partial charge in [0.2, 0.25) is 0 Å². The zero-order valence-corrected chi connectivity index (χ0v) is 10.8. The Labute approximate surface area is 98.9 Å². The summed E-state index contributed by atoms with van der Waals surface area (Å²) in [6.07, 6.45) is 4.25. The Morgan fingerprint density at radius 3 is 2.62 bits per heavy atom. The van der Waals surface area contributed by atoms with E-state index >= 15 is 0 Å². The van der Waals surface area contributed by atoms with Crippen molar-refractivity contribution in [2.45, 2.75) is 39.3 Å². The van der Waals surface area contributed by atoms with Crippen molar-refractivity contribution in [2.75, 3.05) is 19.4 Å². The van der Waals surface area contributed by atoms with E-state index in [1.54, 1.807) is 0 Å². The van der Waals surface area contributed by atoms with Gasteiger partial charge in [0.05, 0.1) is 5.69 Å². The average molecular weight is 221 g/mol. The molecule has 1 rings (SSSR count). The fraction of sp³-hybridized carbons (Fsp3) is 0.615. The maximum Gasteiger partial charge on any atom is 0.0564 e. The van der Waals surface area contributed by atoms with Crippen LogP contribution in [0, 0.1) is 0 Å². The standard InChI is InChI=1S/C13H23N3/c1-5-13(6-2)16(4)10-12-9-11(14-3)7-8-15-12/h7-9,13H,5-6,10H2,1-4H3,(H,14,15). The van der Waals surface area contributed by atoms with Crippen LogP contribution in [0.2, 0.25) is 0 Å². The van der Waals surface area contributed by atoms with Gasteiger partial charge in [0.1, 0.15) is 0 Å². The van der Waals surface area contributed by atoms with Crippen molar-refractivity contribution in [2.24, 2.45) is 0 Å². The Morgan fingerprint density at radius 1 is 1.38 bits per heavy atom. The van der Waals surface area contributed by atoms with Gasteiger partial charge >= 0.3 is 0 Å². The van der Waals surface area contributed by atoms with E-state index in [0.29, 0.717) is 6.04 Å². The normalized spacial score (nSPS) is 11.1. The van der Waals surface area contributed by atoms with Crippen LogP contribution >= 0.6 is 0 Å². The monoisotopic (exact) mass is 221 g/mol. The number of rotatable bonds is 6. The summed E-state index contributed by atoms with van der Waals surface area (Å²) >= 11 is 0. The first-order valence-electron chi connectivity index (χ1n) is 6.04. The molecule has 0 saturated carbocycles. The van der Waals surface area contributed by atoms with Gasteiger partial charge in [-0.25, -0.2) is 0 Å². The first-order valence-corrected chi connectivity index (χ1v) is 6.04. The van der Waals surface area contributed by atoms with Gasteiger partial charge in [-0.05, 0) is 32.0 Å². The van der Waals surface area contributed by atoms with Crippen LogP contribution in [0.15, 0.2) is 18.3 Å². The van der Waals surface area contributed by atoms with Crippen LogP contribution in [0.3, 0.4) is 0 Å². The summed E-state index contributed by atoms with van der Waals surface area (Å²) in [6, 6.07) is 4.75. The molecule has 90 valence electrons. The van der Waals surface area contributed by atoms with E-state index in [2.05, 4.69) is 42.2 Å². The van der Waals surface area contributed by atoms with Crippen molar-refractivity contribution in [3.05, 3.63) is 24.0 Å². The number of anilines is 1. The summed E-state index contributed by atoms with van der Waals surface area (Å²) < 4.78 is 0. The second kappa shape index (κ2) is 6.48. The second-order valence-corrected chi connectivity index (χ2v) is 4.17. The van der Waals surface area contributed by atoms with Crippen molar-refractivity contribution < 1.29 is 0 Å². The maximum atomic E-state index is 4.40. The van der Waals surface area contributed by atoms with Crippen molar-refractivity contribution in [3.8, 4) is 0 Å². The highest BCUT2D eigenvalue weighted by molar-refractivity contribution is 5.42. The Kier molecular flexibility index (Phi) is 5.26. The van der Waals surface area contributed by atoms with E-state index < -0.39 is 0 Å². The lowest BCUT2D eigenvalue weighted by molar-refractivity contribution is 0.219. The van der Waals surface area contributed by atoms with Crippen molar-refractivity contribution in [1.82, 2.24) is 9.88 Å². The van der Waals surface area contributed by atoms with Crippen molar-refractivity contribution in [1.29, 1.82) is 0 Å². The molecule has 0 saturated heterocycles. The van der Waals surface area contributed by atoms with Crippen molar-refractivity contribution >= 4 is 5.69 Å². The van der Waals surface area contributed by atoms with Crippen LogP contribution in [0.4, 0.5) is 5.69 Å². The van der Waals surface area contributed by atoms with Gasteiger partial charge in [0, 0.05) is 31.5 Å². The van der Waals surface area contributed by atoms with Gasteiger partial charge in [-0.1, -0.05) is 13.8 Å². The average Bonchev–Trinajstić information content (AvgIpc) is 2.31. The van der Waals surface area contributed by atoms with E-state index in [1.165, 1.54) is 12.8 Å². The Bertz CT molecular complexity index is 308. The molecule has 0 aliphatic carbocycles. The third-order valence-electron chi connectivity index (χ3n) is 3.08. The predicted octanol–water partition coefficient (Wildman–Crippen LogP) is 2.74. The molecule has 0 atom stereocenters. The molecular formula is C13H23N3. The van der Waals surface area contributed by atoms with Crippen LogP contribution in [-0.4, -0.2) is 30.0 Å². The summed E-state index contributed by atoms with van der Waals surface area (Å²) in [5.41, 5.74) is 2.25. The molecular weight excluding hydrogens is 198 g/mol. The number of nitrogens with one attached hydrogen (secondary N) is 1. The number of pyridine rings is 1. The van der Waals surface area contributed by atoms with E-state index in [4.69, 9.17) is 0 Å². The van der Waals surface area contributed by atoms with Crippen LogP contribution < -0.4 is 5.32 Å². The molecule has 0 unspecified atom stereocenters. The van der Waals surface area contributed by atoms with E-state index in [0.717, 1.165) is 17.9 Å². The molecule has 0 amide bonds. The quantitative estimate of drug-likeness (QED) is 0.800. The van der Waals surface area contributed by atoms with Gasteiger partial charge in [0.15, 0.2) is 0 Å². The highest BCUT2D eigenvalue weighted by atomic mass is 15.1. The molecule has 1 N–H and O–H groups in total. The van der Waals surface area contributed by atoms with Gasteiger partial charge in [-0.15, -0.1) is 0 Å². The first kappa shape index (κ1) is 13.0. The van der Waals surface area contributed by atoms with Crippen LogP contribution in [-0.2, 0) is 6.54 Å². The molecule has 3 nitrogen and oxygen atoms in total. The highest BCUT2D eigenvalue weighted by Crippen LogP contribution is 2.12. The minimum Gasteiger partial charge on any atom is -0.388 e. The molecule has 1 heterocycles. The first-order chi connectivity index (χ1) is 7.71. The minimum atomic E-state index is 0.653. The zero-order chi connectivity index (χ0) is 12.0. The number of aromatic nitrogens is 1. The third kappa shape index (κ3) is 3.49. The molecule has 0 aliphatic heterocycles. The predicted molar refractivity (Wildman–Crippen MR) is 69.6 cm³/mol. The summed E-state index contributed by atoms with van der Waals surface area (Å²) in [4.78, 5) is 6.77. The van der Waals surface area contributed by atoms with Gasteiger partial charge in [0.25, 0.3) is 0 Å². The molecule has 16 heavy (non-hydrogen) atoms. The van der Waals surface area contributed by atoms with Crippen molar-refractivity contribution in [3.63, 3.8) is 0 Å². The largest absolute Gasteiger partial charge is 0.388 e. The van der Waals surface area contributed by atoms with Crippen LogP contribution in [0.5, 0.6) is 0 Å². The van der Waals surface area contributed by atoms with E-state index in [-0.39, 0.29) is 0 Å². The fourth-order valence-corrected chi connectivity index (χ4v) is 2.02. The number of hydrogen-bond acceptors (Lipinski definition) is 3. The van der Waals surface area contributed by atoms with E-state index in [1.807, 2.05) is 19.3 Å². The lowest BCUT2D eigenvalue weighted by Crippen LogP contribution is -2.30. The number of hydrogen-bond donors (Lipinski definition) is 1. The molecule has 0 fully saturated rings. The highest BCUT2D eigenvalue weighted by Gasteiger charge is 2.11. The SMILES string of the molecule is CCC(CC)N(C)Cc1cc(NC)ccn1. The van der Waals surface area contributed by atoms with Gasteiger partial charge in [-0.2, -0.15) is 0 Å². The second-order valence-electron chi connectivity index (χ2n) is 4.17. The molecule has 0 aromatic carbocycles. The molecule has 1 aromatic heterocycles. The summed E-state index contributed by atoms with van der Waals surface area (Å²) in [5, 5.41) is 3.14.